The van der Waals surface area contributed by atoms with Gasteiger partial charge in [0.1, 0.15) is 0 Å². The number of amides is 1. The molecule has 3 heterocycles. The lowest BCUT2D eigenvalue weighted by Crippen LogP contribution is -2.15. The molecule has 0 spiro atoms. The summed E-state index contributed by atoms with van der Waals surface area (Å²) >= 11 is 6.05. The van der Waals surface area contributed by atoms with Gasteiger partial charge in [0.05, 0.1) is 16.8 Å². The second kappa shape index (κ2) is 7.78. The van der Waals surface area contributed by atoms with Crippen LogP contribution in [0.1, 0.15) is 21.6 Å². The van der Waals surface area contributed by atoms with E-state index in [1.165, 1.54) is 5.56 Å². The summed E-state index contributed by atoms with van der Waals surface area (Å²) < 4.78 is 1.81. The summed E-state index contributed by atoms with van der Waals surface area (Å²) in [6.07, 6.45) is 6.24. The van der Waals surface area contributed by atoms with Gasteiger partial charge in [0.2, 0.25) is 0 Å². The van der Waals surface area contributed by atoms with Crippen molar-refractivity contribution in [1.29, 1.82) is 0 Å². The summed E-state index contributed by atoms with van der Waals surface area (Å²) in [5.41, 5.74) is 3.15. The highest BCUT2D eigenvalue weighted by Gasteiger charge is 2.13. The van der Waals surface area contributed by atoms with E-state index in [4.69, 9.17) is 11.6 Å². The average molecular weight is 392 g/mol. The summed E-state index contributed by atoms with van der Waals surface area (Å²) in [6.45, 7) is 2.53. The lowest BCUT2D eigenvalue weighted by molar-refractivity contribution is 0.102. The first-order valence-electron chi connectivity index (χ1n) is 8.89. The molecule has 6 nitrogen and oxygen atoms in total. The first-order valence-corrected chi connectivity index (χ1v) is 9.27. The summed E-state index contributed by atoms with van der Waals surface area (Å²) in [5, 5.41) is 8.70. The molecule has 0 aliphatic heterocycles. The van der Waals surface area contributed by atoms with Crippen LogP contribution in [0.5, 0.6) is 0 Å². The van der Waals surface area contributed by atoms with Crippen LogP contribution in [0.25, 0.3) is 10.9 Å². The standard InChI is InChI=1S/C21H18ClN5O/c1-14-18(13-16-12-17(22)2-3-19(16)24-14)21(28)25-20-7-11-27(26-20)10-6-15-4-8-23-9-5-15/h2-5,7-9,11-13H,6,10H2,1H3,(H,25,26,28). The molecule has 4 rings (SSSR count). The molecule has 4 aromatic rings. The molecule has 0 atom stereocenters. The van der Waals surface area contributed by atoms with E-state index in [1.54, 1.807) is 41.3 Å². The van der Waals surface area contributed by atoms with Gasteiger partial charge in [-0.3, -0.25) is 19.4 Å². The molecule has 140 valence electrons. The van der Waals surface area contributed by atoms with Crippen LogP contribution in [0.2, 0.25) is 5.02 Å². The highest BCUT2D eigenvalue weighted by atomic mass is 35.5. The quantitative estimate of drug-likeness (QED) is 0.551. The Kier molecular flexibility index (Phi) is 5.04. The molecule has 0 radical (unpaired) electrons. The van der Waals surface area contributed by atoms with Gasteiger partial charge in [-0.15, -0.1) is 0 Å². The lowest BCUT2D eigenvalue weighted by Gasteiger charge is -2.08. The van der Waals surface area contributed by atoms with Gasteiger partial charge in [-0.2, -0.15) is 5.10 Å². The molecule has 0 aliphatic carbocycles. The number of hydrogen-bond acceptors (Lipinski definition) is 4. The molecule has 7 heteroatoms. The maximum Gasteiger partial charge on any atom is 0.258 e. The first-order chi connectivity index (χ1) is 13.6. The molecule has 0 saturated carbocycles. The number of carbonyl (C=O) groups is 1. The van der Waals surface area contributed by atoms with Crippen molar-refractivity contribution < 1.29 is 4.79 Å². The highest BCUT2D eigenvalue weighted by molar-refractivity contribution is 6.31. The topological polar surface area (TPSA) is 72.7 Å². The van der Waals surface area contributed by atoms with Crippen LogP contribution in [0, 0.1) is 6.92 Å². The fraction of sp³-hybridized carbons (Fsp3) is 0.143. The number of benzene rings is 1. The van der Waals surface area contributed by atoms with E-state index in [1.807, 2.05) is 31.3 Å². The van der Waals surface area contributed by atoms with Crippen LogP contribution < -0.4 is 5.32 Å². The molecule has 1 amide bonds. The summed E-state index contributed by atoms with van der Waals surface area (Å²) in [6, 6.07) is 13.0. The fourth-order valence-electron chi connectivity index (χ4n) is 3.00. The molecule has 1 aromatic carbocycles. The van der Waals surface area contributed by atoms with Crippen molar-refractivity contribution in [3.8, 4) is 0 Å². The van der Waals surface area contributed by atoms with Gasteiger partial charge < -0.3 is 5.32 Å². The average Bonchev–Trinajstić information content (AvgIpc) is 3.14. The zero-order valence-corrected chi connectivity index (χ0v) is 16.0. The Bertz CT molecular complexity index is 1140. The molecule has 1 N–H and O–H groups in total. The zero-order valence-electron chi connectivity index (χ0n) is 15.3. The number of pyridine rings is 2. The summed E-state index contributed by atoms with van der Waals surface area (Å²) in [5.74, 6) is 0.261. The SMILES string of the molecule is Cc1nc2ccc(Cl)cc2cc1C(=O)Nc1ccn(CCc2ccncc2)n1. The molecule has 0 saturated heterocycles. The van der Waals surface area contributed by atoms with Crippen LogP contribution in [-0.4, -0.2) is 25.7 Å². The number of anilines is 1. The minimum Gasteiger partial charge on any atom is -0.305 e. The van der Waals surface area contributed by atoms with Crippen molar-refractivity contribution in [2.45, 2.75) is 19.9 Å². The third-order valence-corrected chi connectivity index (χ3v) is 4.71. The number of aromatic nitrogens is 4. The number of carbonyl (C=O) groups excluding carboxylic acids is 1. The van der Waals surface area contributed by atoms with Crippen LogP contribution in [0.3, 0.4) is 0 Å². The van der Waals surface area contributed by atoms with Gasteiger partial charge in [-0.25, -0.2) is 0 Å². The Hall–Kier alpha value is -3.25. The van der Waals surface area contributed by atoms with E-state index in [9.17, 15) is 4.79 Å². The van der Waals surface area contributed by atoms with Crippen molar-refractivity contribution in [2.24, 2.45) is 0 Å². The molecule has 28 heavy (non-hydrogen) atoms. The summed E-state index contributed by atoms with van der Waals surface area (Å²) in [7, 11) is 0. The van der Waals surface area contributed by atoms with Crippen molar-refractivity contribution in [3.63, 3.8) is 0 Å². The van der Waals surface area contributed by atoms with Crippen LogP contribution in [0.15, 0.2) is 61.1 Å². The van der Waals surface area contributed by atoms with E-state index >= 15 is 0 Å². The molecule has 3 aromatic heterocycles. The van der Waals surface area contributed by atoms with Crippen molar-refractivity contribution >= 4 is 34.2 Å². The first kappa shape index (κ1) is 18.1. The third kappa shape index (κ3) is 4.02. The normalized spacial score (nSPS) is 10.9. The Morgan fingerprint density at radius 3 is 2.79 bits per heavy atom. The van der Waals surface area contributed by atoms with Crippen molar-refractivity contribution in [2.75, 3.05) is 5.32 Å². The van der Waals surface area contributed by atoms with Gasteiger partial charge in [0, 0.05) is 41.6 Å². The van der Waals surface area contributed by atoms with Gasteiger partial charge >= 0.3 is 0 Å². The number of fused-ring (bicyclic) bond motifs is 1. The highest BCUT2D eigenvalue weighted by Crippen LogP contribution is 2.21. The molecular weight excluding hydrogens is 374 g/mol. The number of halogens is 1. The van der Waals surface area contributed by atoms with E-state index in [2.05, 4.69) is 20.4 Å². The predicted molar refractivity (Wildman–Crippen MR) is 110 cm³/mol. The minimum atomic E-state index is -0.244. The predicted octanol–water partition coefficient (Wildman–Crippen LogP) is 4.28. The van der Waals surface area contributed by atoms with E-state index < -0.39 is 0 Å². The third-order valence-electron chi connectivity index (χ3n) is 4.47. The molecule has 0 unspecified atom stereocenters. The second-order valence-corrected chi connectivity index (χ2v) is 6.92. The van der Waals surface area contributed by atoms with Crippen LogP contribution in [0.4, 0.5) is 5.82 Å². The molecular formula is C21H18ClN5O. The molecule has 0 bridgehead atoms. The van der Waals surface area contributed by atoms with Crippen molar-refractivity contribution in [1.82, 2.24) is 19.7 Å². The monoisotopic (exact) mass is 391 g/mol. The van der Waals surface area contributed by atoms with Gasteiger partial charge in [0.25, 0.3) is 5.91 Å². The van der Waals surface area contributed by atoms with E-state index in [-0.39, 0.29) is 5.91 Å². The Morgan fingerprint density at radius 1 is 1.14 bits per heavy atom. The Balaban J connectivity index is 1.47. The van der Waals surface area contributed by atoms with Gasteiger partial charge in [-0.1, -0.05) is 11.6 Å². The van der Waals surface area contributed by atoms with E-state index in [0.29, 0.717) is 22.1 Å². The number of nitrogens with one attached hydrogen (secondary N) is 1. The summed E-state index contributed by atoms with van der Waals surface area (Å²) in [4.78, 5) is 21.2. The van der Waals surface area contributed by atoms with Gasteiger partial charge in [-0.05, 0) is 55.3 Å². The minimum absolute atomic E-state index is 0.244. The fourth-order valence-corrected chi connectivity index (χ4v) is 3.18. The Labute approximate surface area is 167 Å². The largest absolute Gasteiger partial charge is 0.305 e. The zero-order chi connectivity index (χ0) is 19.5. The number of aryl methyl sites for hydroxylation is 3. The van der Waals surface area contributed by atoms with Crippen LogP contribution >= 0.6 is 11.6 Å². The molecule has 0 fully saturated rings. The maximum absolute atomic E-state index is 12.7. The van der Waals surface area contributed by atoms with Gasteiger partial charge in [0.15, 0.2) is 5.82 Å². The van der Waals surface area contributed by atoms with Crippen molar-refractivity contribution in [3.05, 3.63) is 82.9 Å². The van der Waals surface area contributed by atoms with Crippen LogP contribution in [-0.2, 0) is 13.0 Å². The maximum atomic E-state index is 12.7. The Morgan fingerprint density at radius 2 is 1.96 bits per heavy atom. The number of nitrogens with zero attached hydrogens (tertiary/aromatic N) is 4. The number of rotatable bonds is 5. The van der Waals surface area contributed by atoms with E-state index in [0.717, 1.165) is 23.9 Å². The molecule has 0 aliphatic rings. The second-order valence-electron chi connectivity index (χ2n) is 6.48. The number of hydrogen-bond donors (Lipinski definition) is 1. The lowest BCUT2D eigenvalue weighted by atomic mass is 10.1. The smallest absolute Gasteiger partial charge is 0.258 e.